The van der Waals surface area contributed by atoms with Crippen LogP contribution in [0.1, 0.15) is 0 Å². The van der Waals surface area contributed by atoms with Gasteiger partial charge in [0.25, 0.3) is 0 Å². The molecule has 0 amide bonds. The zero-order chi connectivity index (χ0) is 12.2. The van der Waals surface area contributed by atoms with Crippen LogP contribution in [0.2, 0.25) is 0 Å². The molecule has 0 aromatic carbocycles. The molecule has 16 heavy (non-hydrogen) atoms. The van der Waals surface area contributed by atoms with Gasteiger partial charge in [0.1, 0.15) is 0 Å². The first kappa shape index (κ1) is 15.8. The van der Waals surface area contributed by atoms with Gasteiger partial charge in [-0.1, -0.05) is 0 Å². The van der Waals surface area contributed by atoms with Crippen LogP contribution >= 0.6 is 0 Å². The van der Waals surface area contributed by atoms with Gasteiger partial charge in [0.05, 0.1) is 45.2 Å². The molecule has 0 aliphatic carbocycles. The van der Waals surface area contributed by atoms with Gasteiger partial charge < -0.3 is 29.7 Å². The Hall–Kier alpha value is -0.240. The second-order valence-electron chi connectivity index (χ2n) is 3.46. The van der Waals surface area contributed by atoms with E-state index in [0.717, 1.165) is 0 Å². The van der Waals surface area contributed by atoms with Crippen molar-refractivity contribution < 1.29 is 24.4 Å². The van der Waals surface area contributed by atoms with E-state index in [-0.39, 0.29) is 19.3 Å². The van der Waals surface area contributed by atoms with Gasteiger partial charge in [-0.2, -0.15) is 0 Å². The summed E-state index contributed by atoms with van der Waals surface area (Å²) in [6.45, 7) is 1.99. The fourth-order valence-corrected chi connectivity index (χ4v) is 1.10. The quantitative estimate of drug-likeness (QED) is 0.384. The first-order valence-electron chi connectivity index (χ1n) is 5.32. The highest BCUT2D eigenvalue weighted by atomic mass is 16.5. The molecule has 0 radical (unpaired) electrons. The number of hydrogen-bond acceptors (Lipinski definition) is 6. The average Bonchev–Trinajstić information content (AvgIpc) is 2.30. The molecule has 6 heteroatoms. The lowest BCUT2D eigenvalue weighted by atomic mass is 10.3. The standard InChI is InChI=1S/C10H23NO5/c1-14-3-4-16-8-10(13)5-11-9(6-12)7-15-2/h9-13H,3-8H2,1-2H3. The third-order valence-electron chi connectivity index (χ3n) is 1.97. The number of hydrogen-bond donors (Lipinski definition) is 3. The summed E-state index contributed by atoms with van der Waals surface area (Å²) in [4.78, 5) is 0. The van der Waals surface area contributed by atoms with Crippen molar-refractivity contribution in [3.8, 4) is 0 Å². The first-order chi connectivity index (χ1) is 7.74. The first-order valence-corrected chi connectivity index (χ1v) is 5.32. The van der Waals surface area contributed by atoms with Gasteiger partial charge in [0, 0.05) is 20.8 Å². The molecule has 3 N–H and O–H groups in total. The van der Waals surface area contributed by atoms with Crippen LogP contribution in [0, 0.1) is 0 Å². The monoisotopic (exact) mass is 237 g/mol. The topological polar surface area (TPSA) is 80.2 Å². The van der Waals surface area contributed by atoms with E-state index in [0.29, 0.717) is 26.4 Å². The summed E-state index contributed by atoms with van der Waals surface area (Å²) < 4.78 is 14.8. The van der Waals surface area contributed by atoms with Crippen molar-refractivity contribution in [2.24, 2.45) is 0 Å². The Labute approximate surface area is 96.5 Å². The maximum absolute atomic E-state index is 9.51. The normalized spacial score (nSPS) is 15.0. The Morgan fingerprint density at radius 3 is 2.44 bits per heavy atom. The summed E-state index contributed by atoms with van der Waals surface area (Å²) in [7, 11) is 3.16. The third kappa shape index (κ3) is 9.02. The Balaban J connectivity index is 3.43. The third-order valence-corrected chi connectivity index (χ3v) is 1.97. The van der Waals surface area contributed by atoms with Crippen LogP contribution in [-0.4, -0.2) is 76.2 Å². The van der Waals surface area contributed by atoms with Crippen LogP contribution in [-0.2, 0) is 14.2 Å². The minimum absolute atomic E-state index is 0.0227. The van der Waals surface area contributed by atoms with Gasteiger partial charge in [0.15, 0.2) is 0 Å². The molecular formula is C10H23NO5. The fraction of sp³-hybridized carbons (Fsp3) is 1.00. The van der Waals surface area contributed by atoms with E-state index in [1.54, 1.807) is 14.2 Å². The van der Waals surface area contributed by atoms with Gasteiger partial charge in [-0.3, -0.25) is 0 Å². The maximum atomic E-state index is 9.51. The molecule has 0 aromatic rings. The fourth-order valence-electron chi connectivity index (χ4n) is 1.10. The summed E-state index contributed by atoms with van der Waals surface area (Å²) in [5.74, 6) is 0. The Morgan fingerprint density at radius 1 is 1.12 bits per heavy atom. The van der Waals surface area contributed by atoms with Crippen LogP contribution in [0.15, 0.2) is 0 Å². The lowest BCUT2D eigenvalue weighted by molar-refractivity contribution is 0.0106. The number of methoxy groups -OCH3 is 2. The molecule has 0 aromatic heterocycles. The predicted molar refractivity (Wildman–Crippen MR) is 59.5 cm³/mol. The lowest BCUT2D eigenvalue weighted by Gasteiger charge is -2.18. The van der Waals surface area contributed by atoms with Crippen molar-refractivity contribution >= 4 is 0 Å². The highest BCUT2D eigenvalue weighted by Crippen LogP contribution is 1.88. The Kier molecular flexibility index (Phi) is 11.1. The summed E-state index contributed by atoms with van der Waals surface area (Å²) in [6.07, 6.45) is -0.595. The van der Waals surface area contributed by atoms with Crippen LogP contribution in [0.25, 0.3) is 0 Å². The molecule has 98 valence electrons. The van der Waals surface area contributed by atoms with Crippen LogP contribution in [0.4, 0.5) is 0 Å². The highest BCUT2D eigenvalue weighted by molar-refractivity contribution is 4.67. The van der Waals surface area contributed by atoms with E-state index in [4.69, 9.17) is 19.3 Å². The molecular weight excluding hydrogens is 214 g/mol. The predicted octanol–water partition coefficient (Wildman–Crippen LogP) is -1.39. The van der Waals surface area contributed by atoms with E-state index in [1.165, 1.54) is 0 Å². The molecule has 0 fully saturated rings. The smallest absolute Gasteiger partial charge is 0.0897 e. The molecule has 0 aliphatic rings. The average molecular weight is 237 g/mol. The number of rotatable bonds is 11. The van der Waals surface area contributed by atoms with E-state index in [1.807, 2.05) is 0 Å². The number of aliphatic hydroxyl groups is 2. The van der Waals surface area contributed by atoms with Crippen molar-refractivity contribution in [3.63, 3.8) is 0 Å². The number of nitrogens with one attached hydrogen (secondary N) is 1. The van der Waals surface area contributed by atoms with Gasteiger partial charge in [-0.25, -0.2) is 0 Å². The lowest BCUT2D eigenvalue weighted by Crippen LogP contribution is -2.42. The second kappa shape index (κ2) is 11.3. The van der Waals surface area contributed by atoms with E-state index in [9.17, 15) is 5.11 Å². The number of aliphatic hydroxyl groups excluding tert-OH is 2. The molecule has 0 saturated heterocycles. The molecule has 0 bridgehead atoms. The van der Waals surface area contributed by atoms with Gasteiger partial charge in [-0.05, 0) is 0 Å². The van der Waals surface area contributed by atoms with Crippen molar-refractivity contribution in [3.05, 3.63) is 0 Å². The van der Waals surface area contributed by atoms with Crippen molar-refractivity contribution in [2.75, 3.05) is 53.8 Å². The van der Waals surface area contributed by atoms with Crippen molar-refractivity contribution in [1.29, 1.82) is 0 Å². The highest BCUT2D eigenvalue weighted by Gasteiger charge is 2.09. The van der Waals surface area contributed by atoms with E-state index in [2.05, 4.69) is 5.32 Å². The van der Waals surface area contributed by atoms with Crippen molar-refractivity contribution in [1.82, 2.24) is 5.32 Å². The van der Waals surface area contributed by atoms with Gasteiger partial charge in [-0.15, -0.1) is 0 Å². The summed E-state index contributed by atoms with van der Waals surface area (Å²) >= 11 is 0. The molecule has 2 atom stereocenters. The minimum Gasteiger partial charge on any atom is -0.395 e. The SMILES string of the molecule is COCCOCC(O)CNC(CO)COC. The van der Waals surface area contributed by atoms with E-state index >= 15 is 0 Å². The minimum atomic E-state index is -0.595. The van der Waals surface area contributed by atoms with Gasteiger partial charge in [0.2, 0.25) is 0 Å². The van der Waals surface area contributed by atoms with Crippen LogP contribution in [0.3, 0.4) is 0 Å². The largest absolute Gasteiger partial charge is 0.395 e. The second-order valence-corrected chi connectivity index (χ2v) is 3.46. The van der Waals surface area contributed by atoms with Crippen LogP contribution in [0.5, 0.6) is 0 Å². The van der Waals surface area contributed by atoms with Crippen LogP contribution < -0.4 is 5.32 Å². The Bertz CT molecular complexity index is 147. The molecule has 6 nitrogen and oxygen atoms in total. The molecule has 0 spiro atoms. The summed E-state index contributed by atoms with van der Waals surface area (Å²) in [6, 6.07) is -0.154. The molecule has 0 saturated carbocycles. The van der Waals surface area contributed by atoms with Crippen molar-refractivity contribution in [2.45, 2.75) is 12.1 Å². The van der Waals surface area contributed by atoms with Gasteiger partial charge >= 0.3 is 0 Å². The maximum Gasteiger partial charge on any atom is 0.0897 e. The Morgan fingerprint density at radius 2 is 1.88 bits per heavy atom. The molecule has 2 unspecified atom stereocenters. The molecule has 0 rings (SSSR count). The zero-order valence-corrected chi connectivity index (χ0v) is 10.0. The molecule has 0 heterocycles. The number of ether oxygens (including phenoxy) is 3. The molecule has 0 aliphatic heterocycles. The van der Waals surface area contributed by atoms with E-state index < -0.39 is 6.10 Å². The summed E-state index contributed by atoms with van der Waals surface area (Å²) in [5.41, 5.74) is 0. The zero-order valence-electron chi connectivity index (χ0n) is 10.0. The summed E-state index contributed by atoms with van der Waals surface area (Å²) in [5, 5.41) is 21.4.